The number of nitrogens with one attached hydrogen (secondary N) is 1. The van der Waals surface area contributed by atoms with Crippen LogP contribution in [0, 0.1) is 17.7 Å². The van der Waals surface area contributed by atoms with Gasteiger partial charge in [0.2, 0.25) is 10.0 Å². The van der Waals surface area contributed by atoms with E-state index in [0.717, 1.165) is 31.3 Å². The van der Waals surface area contributed by atoms with Gasteiger partial charge in [-0.2, -0.15) is 13.2 Å². The normalized spacial score (nSPS) is 24.6. The Morgan fingerprint density at radius 3 is 2.60 bits per heavy atom. The number of nitrogens with zero attached hydrogens (tertiary/aromatic N) is 1. The second kappa shape index (κ2) is 10.0. The quantitative estimate of drug-likeness (QED) is 0.657. The minimum Gasteiger partial charge on any atom is -0.475 e. The van der Waals surface area contributed by atoms with Crippen molar-refractivity contribution < 1.29 is 40.6 Å². The third-order valence-electron chi connectivity index (χ3n) is 4.98. The van der Waals surface area contributed by atoms with E-state index >= 15 is 0 Å². The number of carboxylic acids is 1. The molecule has 3 rings (SSSR count). The molecule has 0 aromatic heterocycles. The fourth-order valence-corrected chi connectivity index (χ4v) is 4.05. The standard InChI is InChI=1S/C16H23FN2O3S.C2HF3O2/c1-23(20,21)18-8-16-15-10-19(6-5-13(15)11-22-16)9-12-3-2-4-14(17)7-12;3-2(4,5)1(6)7/h2-4,7,13,15-16,18H,5-6,8-11H2,1H3;(H,6,7)/t13-,15-,16+;/m0./s1. The van der Waals surface area contributed by atoms with E-state index < -0.39 is 22.2 Å². The number of hydrogen-bond donors (Lipinski definition) is 2. The van der Waals surface area contributed by atoms with Crippen LogP contribution in [0.5, 0.6) is 0 Å². The van der Waals surface area contributed by atoms with Crippen LogP contribution in [0.25, 0.3) is 0 Å². The summed E-state index contributed by atoms with van der Waals surface area (Å²) in [6.07, 6.45) is -2.96. The molecule has 170 valence electrons. The van der Waals surface area contributed by atoms with Crippen LogP contribution in [0.2, 0.25) is 0 Å². The van der Waals surface area contributed by atoms with Crippen molar-refractivity contribution in [2.24, 2.45) is 11.8 Å². The summed E-state index contributed by atoms with van der Waals surface area (Å²) in [6.45, 7) is 3.57. The van der Waals surface area contributed by atoms with Crippen molar-refractivity contribution >= 4 is 16.0 Å². The Morgan fingerprint density at radius 1 is 1.37 bits per heavy atom. The van der Waals surface area contributed by atoms with Gasteiger partial charge in [0, 0.05) is 25.6 Å². The lowest BCUT2D eigenvalue weighted by Crippen LogP contribution is -2.44. The molecule has 7 nitrogen and oxygen atoms in total. The van der Waals surface area contributed by atoms with E-state index in [1.807, 2.05) is 6.07 Å². The first kappa shape index (κ1) is 24.5. The number of sulfonamides is 1. The maximum atomic E-state index is 13.3. The zero-order valence-electron chi connectivity index (χ0n) is 16.2. The summed E-state index contributed by atoms with van der Waals surface area (Å²) in [5.41, 5.74) is 0.966. The van der Waals surface area contributed by atoms with Gasteiger partial charge in [-0.3, -0.25) is 4.90 Å². The Labute approximate surface area is 172 Å². The number of rotatable bonds is 5. The molecule has 2 aliphatic heterocycles. The van der Waals surface area contributed by atoms with Crippen molar-refractivity contribution in [1.29, 1.82) is 0 Å². The summed E-state index contributed by atoms with van der Waals surface area (Å²) in [4.78, 5) is 11.2. The number of halogens is 4. The van der Waals surface area contributed by atoms with E-state index in [0.29, 0.717) is 31.5 Å². The van der Waals surface area contributed by atoms with Gasteiger partial charge >= 0.3 is 12.1 Å². The maximum Gasteiger partial charge on any atom is 0.490 e. The second-order valence-electron chi connectivity index (χ2n) is 7.37. The Balaban J connectivity index is 0.000000396. The van der Waals surface area contributed by atoms with Crippen LogP contribution in [0.3, 0.4) is 0 Å². The van der Waals surface area contributed by atoms with Gasteiger partial charge in [0.1, 0.15) is 5.82 Å². The first-order valence-corrected chi connectivity index (χ1v) is 11.1. The lowest BCUT2D eigenvalue weighted by atomic mass is 9.84. The number of alkyl halides is 3. The topological polar surface area (TPSA) is 95.9 Å². The number of fused-ring (bicyclic) bond motifs is 1. The van der Waals surface area contributed by atoms with E-state index in [1.54, 1.807) is 12.1 Å². The van der Waals surface area contributed by atoms with E-state index in [-0.39, 0.29) is 11.9 Å². The Kier molecular flexibility index (Phi) is 8.20. The fraction of sp³-hybridized carbons (Fsp3) is 0.611. The highest BCUT2D eigenvalue weighted by Gasteiger charge is 2.41. The van der Waals surface area contributed by atoms with Crippen LogP contribution >= 0.6 is 0 Å². The average molecular weight is 456 g/mol. The highest BCUT2D eigenvalue weighted by atomic mass is 32.2. The number of likely N-dealkylation sites (tertiary alicyclic amines) is 1. The van der Waals surface area contributed by atoms with Crippen LogP contribution in [-0.4, -0.2) is 69.2 Å². The maximum absolute atomic E-state index is 13.3. The predicted octanol–water partition coefficient (Wildman–Crippen LogP) is 1.85. The van der Waals surface area contributed by atoms with Crippen LogP contribution in [0.1, 0.15) is 12.0 Å². The monoisotopic (exact) mass is 456 g/mol. The molecule has 2 N–H and O–H groups in total. The summed E-state index contributed by atoms with van der Waals surface area (Å²) in [7, 11) is -3.20. The number of benzene rings is 1. The largest absolute Gasteiger partial charge is 0.490 e. The van der Waals surface area contributed by atoms with E-state index in [1.165, 1.54) is 6.07 Å². The molecule has 2 fully saturated rings. The molecule has 2 heterocycles. The molecular formula is C18H24F4N2O5S. The number of ether oxygens (including phenoxy) is 1. The van der Waals surface area contributed by atoms with E-state index in [4.69, 9.17) is 14.6 Å². The SMILES string of the molecule is CS(=O)(=O)NC[C@H]1OC[C@@H]2CCN(Cc3cccc(F)c3)C[C@@H]21.O=C(O)C(F)(F)F. The molecule has 0 radical (unpaired) electrons. The van der Waals surface area contributed by atoms with Crippen molar-refractivity contribution in [2.75, 3.05) is 32.5 Å². The molecule has 0 bridgehead atoms. The van der Waals surface area contributed by atoms with Gasteiger partial charge in [-0.15, -0.1) is 0 Å². The Bertz CT molecular complexity index is 834. The van der Waals surface area contributed by atoms with Crippen LogP contribution in [0.15, 0.2) is 24.3 Å². The molecule has 3 atom stereocenters. The van der Waals surface area contributed by atoms with Crippen molar-refractivity contribution in [2.45, 2.75) is 25.2 Å². The minimum absolute atomic E-state index is 0.0787. The molecule has 1 aromatic carbocycles. The number of carboxylic acid groups (broad SMARTS) is 1. The summed E-state index contributed by atoms with van der Waals surface area (Å²) in [6, 6.07) is 6.69. The third kappa shape index (κ3) is 7.82. The molecule has 30 heavy (non-hydrogen) atoms. The molecule has 12 heteroatoms. The summed E-state index contributed by atoms with van der Waals surface area (Å²) >= 11 is 0. The smallest absolute Gasteiger partial charge is 0.475 e. The number of hydrogen-bond acceptors (Lipinski definition) is 5. The highest BCUT2D eigenvalue weighted by Crippen LogP contribution is 2.34. The van der Waals surface area contributed by atoms with Gasteiger partial charge in [-0.1, -0.05) is 12.1 Å². The molecule has 0 unspecified atom stereocenters. The van der Waals surface area contributed by atoms with E-state index in [9.17, 15) is 26.0 Å². The fourth-order valence-electron chi connectivity index (χ4n) is 3.58. The first-order valence-electron chi connectivity index (χ1n) is 9.18. The second-order valence-corrected chi connectivity index (χ2v) is 9.21. The zero-order chi connectivity index (χ0) is 22.5. The number of aliphatic carboxylic acids is 1. The summed E-state index contributed by atoms with van der Waals surface area (Å²) < 4.78 is 75.9. The van der Waals surface area contributed by atoms with Gasteiger partial charge in [0.25, 0.3) is 0 Å². The summed E-state index contributed by atoms with van der Waals surface area (Å²) in [5, 5.41) is 7.12. The lowest BCUT2D eigenvalue weighted by Gasteiger charge is -2.36. The van der Waals surface area contributed by atoms with E-state index in [2.05, 4.69) is 9.62 Å². The summed E-state index contributed by atoms with van der Waals surface area (Å²) in [5.74, 6) is -2.15. The Hall–Kier alpha value is -1.76. The molecule has 2 aliphatic rings. The minimum atomic E-state index is -5.08. The van der Waals surface area contributed by atoms with Gasteiger partial charge in [-0.25, -0.2) is 22.3 Å². The van der Waals surface area contributed by atoms with Crippen molar-refractivity contribution in [3.05, 3.63) is 35.6 Å². The van der Waals surface area contributed by atoms with Crippen molar-refractivity contribution in [3.8, 4) is 0 Å². The lowest BCUT2D eigenvalue weighted by molar-refractivity contribution is -0.192. The first-order chi connectivity index (χ1) is 13.8. The Morgan fingerprint density at radius 2 is 2.03 bits per heavy atom. The van der Waals surface area contributed by atoms with Gasteiger partial charge < -0.3 is 9.84 Å². The van der Waals surface area contributed by atoms with Crippen LogP contribution < -0.4 is 4.72 Å². The molecule has 1 aromatic rings. The molecule has 0 amide bonds. The molecule has 0 spiro atoms. The third-order valence-corrected chi connectivity index (χ3v) is 5.67. The number of piperidine rings is 1. The van der Waals surface area contributed by atoms with Gasteiger partial charge in [0.15, 0.2) is 0 Å². The van der Waals surface area contributed by atoms with Gasteiger partial charge in [-0.05, 0) is 36.6 Å². The average Bonchev–Trinajstić information content (AvgIpc) is 3.01. The zero-order valence-corrected chi connectivity index (χ0v) is 17.0. The van der Waals surface area contributed by atoms with Crippen molar-refractivity contribution in [3.63, 3.8) is 0 Å². The van der Waals surface area contributed by atoms with Crippen LogP contribution in [-0.2, 0) is 26.1 Å². The molecule has 0 saturated carbocycles. The predicted molar refractivity (Wildman–Crippen MR) is 99.6 cm³/mol. The number of carbonyl (C=O) groups is 1. The van der Waals surface area contributed by atoms with Crippen molar-refractivity contribution in [1.82, 2.24) is 9.62 Å². The highest BCUT2D eigenvalue weighted by molar-refractivity contribution is 7.88. The molecular weight excluding hydrogens is 432 g/mol. The molecule has 2 saturated heterocycles. The van der Waals surface area contributed by atoms with Crippen LogP contribution in [0.4, 0.5) is 17.6 Å². The van der Waals surface area contributed by atoms with Gasteiger partial charge in [0.05, 0.1) is 19.0 Å². The molecule has 0 aliphatic carbocycles.